The van der Waals surface area contributed by atoms with E-state index in [2.05, 4.69) is 48.7 Å². The third kappa shape index (κ3) is 3.06. The highest BCUT2D eigenvalue weighted by molar-refractivity contribution is 5.24. The second-order valence-corrected chi connectivity index (χ2v) is 4.85. The van der Waals surface area contributed by atoms with Crippen molar-refractivity contribution in [3.05, 3.63) is 35.4 Å². The predicted molar refractivity (Wildman–Crippen MR) is 68.6 cm³/mol. The number of benzene rings is 1. The van der Waals surface area contributed by atoms with E-state index >= 15 is 0 Å². The average Bonchev–Trinajstić information content (AvgIpc) is 2.30. The first-order chi connectivity index (χ1) is 7.75. The molecule has 16 heavy (non-hydrogen) atoms. The molecule has 1 aromatic carbocycles. The van der Waals surface area contributed by atoms with E-state index in [0.29, 0.717) is 12.1 Å². The number of aryl methyl sites for hydroxylation is 1. The Morgan fingerprint density at radius 2 is 2.31 bits per heavy atom. The fraction of sp³-hybridized carbons (Fsp3) is 0.571. The quantitative estimate of drug-likeness (QED) is 0.814. The summed E-state index contributed by atoms with van der Waals surface area (Å²) in [6, 6.07) is 9.85. The minimum atomic E-state index is 0.449. The van der Waals surface area contributed by atoms with Crippen molar-refractivity contribution >= 4 is 0 Å². The first kappa shape index (κ1) is 11.6. The summed E-state index contributed by atoms with van der Waals surface area (Å²) in [7, 11) is 0. The third-order valence-corrected chi connectivity index (χ3v) is 3.32. The summed E-state index contributed by atoms with van der Waals surface area (Å²) >= 11 is 0. The van der Waals surface area contributed by atoms with Crippen molar-refractivity contribution in [2.45, 2.75) is 38.8 Å². The van der Waals surface area contributed by atoms with Gasteiger partial charge in [0, 0.05) is 18.6 Å². The second kappa shape index (κ2) is 5.46. The highest BCUT2D eigenvalue weighted by Crippen LogP contribution is 2.15. The van der Waals surface area contributed by atoms with Gasteiger partial charge in [0.2, 0.25) is 0 Å². The molecule has 2 heteroatoms. The van der Waals surface area contributed by atoms with Crippen LogP contribution in [-0.4, -0.2) is 19.1 Å². The van der Waals surface area contributed by atoms with E-state index in [0.717, 1.165) is 6.54 Å². The van der Waals surface area contributed by atoms with Crippen LogP contribution in [0.1, 0.15) is 36.9 Å². The van der Waals surface area contributed by atoms with Gasteiger partial charge in [0.25, 0.3) is 0 Å². The predicted octanol–water partition coefficient (Wildman–Crippen LogP) is 2.40. The Bertz CT molecular complexity index is 329. The molecule has 0 aliphatic carbocycles. The van der Waals surface area contributed by atoms with Crippen LogP contribution < -0.4 is 10.6 Å². The van der Waals surface area contributed by atoms with Crippen molar-refractivity contribution in [3.63, 3.8) is 0 Å². The summed E-state index contributed by atoms with van der Waals surface area (Å²) in [6.07, 6.45) is 2.58. The Morgan fingerprint density at radius 1 is 1.44 bits per heavy atom. The smallest absolute Gasteiger partial charge is 0.0294 e. The molecule has 1 saturated heterocycles. The van der Waals surface area contributed by atoms with Crippen LogP contribution in [0.3, 0.4) is 0 Å². The van der Waals surface area contributed by atoms with Gasteiger partial charge in [-0.1, -0.05) is 29.8 Å². The molecule has 1 heterocycles. The summed E-state index contributed by atoms with van der Waals surface area (Å²) in [5, 5.41) is 7.14. The van der Waals surface area contributed by atoms with Gasteiger partial charge in [-0.2, -0.15) is 0 Å². The number of rotatable bonds is 3. The molecule has 0 radical (unpaired) electrons. The van der Waals surface area contributed by atoms with E-state index < -0.39 is 0 Å². The molecule has 2 atom stereocenters. The molecule has 2 rings (SSSR count). The van der Waals surface area contributed by atoms with Gasteiger partial charge in [-0.05, 0) is 38.8 Å². The Hall–Kier alpha value is -0.860. The largest absolute Gasteiger partial charge is 0.315 e. The Labute approximate surface area is 98.4 Å². The monoisotopic (exact) mass is 218 g/mol. The topological polar surface area (TPSA) is 24.1 Å². The zero-order valence-electron chi connectivity index (χ0n) is 10.3. The third-order valence-electron chi connectivity index (χ3n) is 3.32. The van der Waals surface area contributed by atoms with Crippen LogP contribution in [0, 0.1) is 6.92 Å². The lowest BCUT2D eigenvalue weighted by molar-refractivity contribution is 0.362. The number of nitrogens with one attached hydrogen (secondary N) is 2. The molecule has 0 spiro atoms. The molecule has 1 aliphatic heterocycles. The highest BCUT2D eigenvalue weighted by Gasteiger charge is 2.15. The van der Waals surface area contributed by atoms with Crippen molar-refractivity contribution in [3.8, 4) is 0 Å². The maximum atomic E-state index is 3.70. The normalized spacial score (nSPS) is 23.0. The van der Waals surface area contributed by atoms with Crippen LogP contribution in [0.5, 0.6) is 0 Å². The number of hydrogen-bond donors (Lipinski definition) is 2. The molecule has 1 fully saturated rings. The van der Waals surface area contributed by atoms with Crippen molar-refractivity contribution in [1.29, 1.82) is 0 Å². The molecule has 1 aliphatic rings. The molecule has 0 amide bonds. The fourth-order valence-corrected chi connectivity index (χ4v) is 2.38. The zero-order valence-corrected chi connectivity index (χ0v) is 10.3. The Morgan fingerprint density at radius 3 is 3.00 bits per heavy atom. The molecule has 88 valence electrons. The van der Waals surface area contributed by atoms with Crippen molar-refractivity contribution in [1.82, 2.24) is 10.6 Å². The van der Waals surface area contributed by atoms with Gasteiger partial charge >= 0.3 is 0 Å². The summed E-state index contributed by atoms with van der Waals surface area (Å²) in [5.41, 5.74) is 2.73. The number of piperidine rings is 1. The minimum absolute atomic E-state index is 0.449. The molecule has 1 unspecified atom stereocenters. The van der Waals surface area contributed by atoms with Crippen LogP contribution in [0.15, 0.2) is 24.3 Å². The first-order valence-electron chi connectivity index (χ1n) is 6.29. The van der Waals surface area contributed by atoms with Crippen molar-refractivity contribution in [2.24, 2.45) is 0 Å². The van der Waals surface area contributed by atoms with Crippen LogP contribution in [0.2, 0.25) is 0 Å². The van der Waals surface area contributed by atoms with Gasteiger partial charge in [0.1, 0.15) is 0 Å². The molecule has 2 nitrogen and oxygen atoms in total. The second-order valence-electron chi connectivity index (χ2n) is 4.85. The minimum Gasteiger partial charge on any atom is -0.315 e. The van der Waals surface area contributed by atoms with Crippen molar-refractivity contribution in [2.75, 3.05) is 13.1 Å². The molecular formula is C14H22N2. The highest BCUT2D eigenvalue weighted by atomic mass is 15.0. The molecule has 0 bridgehead atoms. The van der Waals surface area contributed by atoms with Crippen LogP contribution >= 0.6 is 0 Å². The number of hydrogen-bond acceptors (Lipinski definition) is 2. The maximum Gasteiger partial charge on any atom is 0.0294 e. The van der Waals surface area contributed by atoms with E-state index in [1.54, 1.807) is 0 Å². The van der Waals surface area contributed by atoms with Gasteiger partial charge in [-0.25, -0.2) is 0 Å². The van der Waals surface area contributed by atoms with E-state index in [1.807, 2.05) is 0 Å². The Balaban J connectivity index is 1.94. The molecule has 0 aromatic heterocycles. The molecule has 0 saturated carbocycles. The van der Waals surface area contributed by atoms with Crippen LogP contribution in [-0.2, 0) is 0 Å². The lowest BCUT2D eigenvalue weighted by atomic mass is 10.0. The summed E-state index contributed by atoms with van der Waals surface area (Å²) in [5.74, 6) is 0. The van der Waals surface area contributed by atoms with E-state index in [9.17, 15) is 0 Å². The maximum absolute atomic E-state index is 3.70. The average molecular weight is 218 g/mol. The fourth-order valence-electron chi connectivity index (χ4n) is 2.38. The van der Waals surface area contributed by atoms with E-state index in [-0.39, 0.29) is 0 Å². The van der Waals surface area contributed by atoms with Gasteiger partial charge in [-0.15, -0.1) is 0 Å². The van der Waals surface area contributed by atoms with Gasteiger partial charge in [0.15, 0.2) is 0 Å². The summed E-state index contributed by atoms with van der Waals surface area (Å²) in [6.45, 7) is 6.69. The van der Waals surface area contributed by atoms with Gasteiger partial charge < -0.3 is 10.6 Å². The molecular weight excluding hydrogens is 196 g/mol. The lowest BCUT2D eigenvalue weighted by Crippen LogP contribution is -2.43. The SMILES string of the molecule is Cc1cccc([C@@H](C)NC2CCCNC2)c1. The van der Waals surface area contributed by atoms with E-state index in [1.165, 1.54) is 30.5 Å². The van der Waals surface area contributed by atoms with Crippen LogP contribution in [0.25, 0.3) is 0 Å². The molecule has 2 N–H and O–H groups in total. The summed E-state index contributed by atoms with van der Waals surface area (Å²) < 4.78 is 0. The van der Waals surface area contributed by atoms with Gasteiger partial charge in [-0.3, -0.25) is 0 Å². The zero-order chi connectivity index (χ0) is 11.4. The molecule has 1 aromatic rings. The van der Waals surface area contributed by atoms with Crippen molar-refractivity contribution < 1.29 is 0 Å². The van der Waals surface area contributed by atoms with Gasteiger partial charge in [0.05, 0.1) is 0 Å². The first-order valence-corrected chi connectivity index (χ1v) is 6.29. The van der Waals surface area contributed by atoms with E-state index in [4.69, 9.17) is 0 Å². The Kier molecular flexibility index (Phi) is 3.97. The standard InChI is InChI=1S/C14H22N2/c1-11-5-3-6-13(9-11)12(2)16-14-7-4-8-15-10-14/h3,5-6,9,12,14-16H,4,7-8,10H2,1-2H3/t12-,14?/m1/s1. The lowest BCUT2D eigenvalue weighted by Gasteiger charge is -2.27. The van der Waals surface area contributed by atoms with Crippen LogP contribution in [0.4, 0.5) is 0 Å². The summed E-state index contributed by atoms with van der Waals surface area (Å²) in [4.78, 5) is 0.